The molecule has 0 rings (SSSR count). The number of carboxylic acids is 3. The van der Waals surface area contributed by atoms with Crippen molar-refractivity contribution in [1.29, 1.82) is 0 Å². The van der Waals surface area contributed by atoms with Crippen LogP contribution in [0.5, 0.6) is 0 Å². The van der Waals surface area contributed by atoms with Crippen molar-refractivity contribution in [3.63, 3.8) is 0 Å². The molecule has 0 aromatic carbocycles. The minimum absolute atomic E-state index is 0.0181. The van der Waals surface area contributed by atoms with Crippen molar-refractivity contribution in [1.82, 2.24) is 9.80 Å². The van der Waals surface area contributed by atoms with Crippen LogP contribution in [0.1, 0.15) is 0 Å². The average Bonchev–Trinajstić information content (AvgIpc) is 2.33. The summed E-state index contributed by atoms with van der Waals surface area (Å²) < 4.78 is 4.12. The summed E-state index contributed by atoms with van der Waals surface area (Å²) in [7, 11) is 0. The lowest BCUT2D eigenvalue weighted by molar-refractivity contribution is -0.144. The van der Waals surface area contributed by atoms with Gasteiger partial charge in [0.2, 0.25) is 0 Å². The summed E-state index contributed by atoms with van der Waals surface area (Å²) in [4.78, 5) is 45.2. The SMILES string of the molecule is O=C(O)CN(CCN(CC(=O)O)CC(=O)OS)CC(=O)O. The molecule has 0 atom stereocenters. The van der Waals surface area contributed by atoms with Gasteiger partial charge in [0, 0.05) is 26.0 Å². The van der Waals surface area contributed by atoms with Gasteiger partial charge < -0.3 is 19.5 Å². The predicted octanol–water partition coefficient (Wildman–Crippen LogP) is -1.77. The lowest BCUT2D eigenvalue weighted by Gasteiger charge is -2.23. The standard InChI is InChI=1S/C10H16N2O8S/c13-7(14)3-11(4-8(15)16)1-2-12(5-9(17)18)6-10(19)20-21/h21H,1-6H2,(H,13,14)(H,15,16)(H,17,18). The van der Waals surface area contributed by atoms with E-state index >= 15 is 0 Å². The molecule has 0 saturated carbocycles. The number of carbonyl (C=O) groups is 4. The number of carbonyl (C=O) groups excluding carboxylic acids is 1. The van der Waals surface area contributed by atoms with E-state index in [0.29, 0.717) is 0 Å². The molecule has 120 valence electrons. The summed E-state index contributed by atoms with van der Waals surface area (Å²) in [5.41, 5.74) is 0. The van der Waals surface area contributed by atoms with Crippen LogP contribution in [0.3, 0.4) is 0 Å². The normalized spacial score (nSPS) is 10.6. The Morgan fingerprint density at radius 3 is 1.38 bits per heavy atom. The quantitative estimate of drug-likeness (QED) is 0.254. The minimum Gasteiger partial charge on any atom is -0.480 e. The molecule has 10 nitrogen and oxygen atoms in total. The summed E-state index contributed by atoms with van der Waals surface area (Å²) in [6.45, 7) is -1.91. The summed E-state index contributed by atoms with van der Waals surface area (Å²) in [6, 6.07) is 0. The van der Waals surface area contributed by atoms with E-state index in [9.17, 15) is 19.2 Å². The van der Waals surface area contributed by atoms with Gasteiger partial charge in [0.1, 0.15) is 0 Å². The zero-order chi connectivity index (χ0) is 16.4. The highest BCUT2D eigenvalue weighted by atomic mass is 32.1. The van der Waals surface area contributed by atoms with E-state index in [1.807, 2.05) is 0 Å². The number of aliphatic carboxylic acids is 3. The molecule has 0 aromatic rings. The second kappa shape index (κ2) is 9.96. The smallest absolute Gasteiger partial charge is 0.331 e. The third-order valence-corrected chi connectivity index (χ3v) is 2.47. The molecule has 0 unspecified atom stereocenters. The first-order valence-corrected chi connectivity index (χ1v) is 6.05. The summed E-state index contributed by atoms with van der Waals surface area (Å²) in [5.74, 6) is -4.39. The van der Waals surface area contributed by atoms with Crippen LogP contribution in [-0.4, -0.2) is 88.3 Å². The second-order valence-electron chi connectivity index (χ2n) is 4.07. The molecule has 0 bridgehead atoms. The van der Waals surface area contributed by atoms with Gasteiger partial charge in [0.15, 0.2) is 0 Å². The molecule has 0 aliphatic heterocycles. The average molecular weight is 324 g/mol. The molecule has 0 aliphatic carbocycles. The van der Waals surface area contributed by atoms with Crippen molar-refractivity contribution < 1.29 is 38.7 Å². The lowest BCUT2D eigenvalue weighted by atomic mass is 10.4. The fraction of sp³-hybridized carbons (Fsp3) is 0.600. The van der Waals surface area contributed by atoms with Crippen molar-refractivity contribution in [2.24, 2.45) is 0 Å². The van der Waals surface area contributed by atoms with Gasteiger partial charge >= 0.3 is 23.9 Å². The first kappa shape index (κ1) is 19.1. The summed E-state index contributed by atoms with van der Waals surface area (Å²) in [5, 5.41) is 26.0. The predicted molar refractivity (Wildman–Crippen MR) is 70.9 cm³/mol. The summed E-state index contributed by atoms with van der Waals surface area (Å²) in [6.07, 6.45) is 0. The van der Waals surface area contributed by atoms with Crippen LogP contribution in [0, 0.1) is 0 Å². The zero-order valence-corrected chi connectivity index (χ0v) is 11.9. The highest BCUT2D eigenvalue weighted by molar-refractivity contribution is 7.75. The van der Waals surface area contributed by atoms with Gasteiger partial charge in [0.25, 0.3) is 0 Å². The zero-order valence-electron chi connectivity index (χ0n) is 11.0. The molecule has 21 heavy (non-hydrogen) atoms. The second-order valence-corrected chi connectivity index (χ2v) is 4.25. The third kappa shape index (κ3) is 10.6. The molecule has 0 saturated heterocycles. The monoisotopic (exact) mass is 324 g/mol. The van der Waals surface area contributed by atoms with Gasteiger partial charge in [-0.1, -0.05) is 0 Å². The van der Waals surface area contributed by atoms with Crippen LogP contribution in [-0.2, 0) is 23.4 Å². The highest BCUT2D eigenvalue weighted by Crippen LogP contribution is 1.96. The lowest BCUT2D eigenvalue weighted by Crippen LogP contribution is -2.43. The van der Waals surface area contributed by atoms with E-state index in [4.69, 9.17) is 15.3 Å². The maximum absolute atomic E-state index is 11.1. The molecule has 3 N–H and O–H groups in total. The van der Waals surface area contributed by atoms with Crippen LogP contribution >= 0.6 is 12.9 Å². The van der Waals surface area contributed by atoms with Gasteiger partial charge in [-0.05, 0) is 0 Å². The number of carboxylic acid groups (broad SMARTS) is 3. The number of hydrogen-bond acceptors (Lipinski definition) is 8. The minimum atomic E-state index is -1.21. The van der Waals surface area contributed by atoms with E-state index in [1.54, 1.807) is 0 Å². The molecule has 0 heterocycles. The van der Waals surface area contributed by atoms with Gasteiger partial charge in [-0.25, -0.2) is 4.79 Å². The van der Waals surface area contributed by atoms with Crippen molar-refractivity contribution in [3.8, 4) is 0 Å². The topological polar surface area (TPSA) is 145 Å². The molecule has 0 radical (unpaired) electrons. The highest BCUT2D eigenvalue weighted by Gasteiger charge is 2.18. The maximum Gasteiger partial charge on any atom is 0.331 e. The molecular formula is C10H16N2O8S. The van der Waals surface area contributed by atoms with Gasteiger partial charge in [-0.3, -0.25) is 24.2 Å². The van der Waals surface area contributed by atoms with Crippen LogP contribution in [0.25, 0.3) is 0 Å². The van der Waals surface area contributed by atoms with Crippen LogP contribution in [0.15, 0.2) is 0 Å². The molecular weight excluding hydrogens is 308 g/mol. The van der Waals surface area contributed by atoms with Gasteiger partial charge in [-0.15, -0.1) is 0 Å². The third-order valence-electron chi connectivity index (χ3n) is 2.26. The molecule has 0 fully saturated rings. The molecule has 0 aromatic heterocycles. The molecule has 0 spiro atoms. The fourth-order valence-electron chi connectivity index (χ4n) is 1.50. The van der Waals surface area contributed by atoms with E-state index < -0.39 is 43.5 Å². The first-order chi connectivity index (χ1) is 9.74. The Morgan fingerprint density at radius 1 is 0.762 bits per heavy atom. The van der Waals surface area contributed by atoms with E-state index in [1.165, 1.54) is 4.90 Å². The van der Waals surface area contributed by atoms with Crippen molar-refractivity contribution >= 4 is 36.8 Å². The molecule has 0 amide bonds. The van der Waals surface area contributed by atoms with Gasteiger partial charge in [-0.2, -0.15) is 0 Å². The largest absolute Gasteiger partial charge is 0.480 e. The number of hydrogen-bond donors (Lipinski definition) is 4. The van der Waals surface area contributed by atoms with E-state index in [-0.39, 0.29) is 19.6 Å². The van der Waals surface area contributed by atoms with Crippen LogP contribution < -0.4 is 0 Å². The first-order valence-electron chi connectivity index (χ1n) is 5.69. The number of nitrogens with zero attached hydrogens (tertiary/aromatic N) is 2. The van der Waals surface area contributed by atoms with Crippen LogP contribution in [0.4, 0.5) is 0 Å². The number of thiol groups is 1. The van der Waals surface area contributed by atoms with E-state index in [2.05, 4.69) is 17.1 Å². The number of rotatable bonds is 11. The van der Waals surface area contributed by atoms with Crippen molar-refractivity contribution in [3.05, 3.63) is 0 Å². The Morgan fingerprint density at radius 2 is 1.10 bits per heavy atom. The molecule has 11 heteroatoms. The van der Waals surface area contributed by atoms with Gasteiger partial charge in [0.05, 0.1) is 26.2 Å². The van der Waals surface area contributed by atoms with Crippen molar-refractivity contribution in [2.45, 2.75) is 0 Å². The van der Waals surface area contributed by atoms with Crippen LogP contribution in [0.2, 0.25) is 0 Å². The Kier molecular flexibility index (Phi) is 9.08. The van der Waals surface area contributed by atoms with E-state index in [0.717, 1.165) is 4.90 Å². The Balaban J connectivity index is 4.56. The maximum atomic E-state index is 11.1. The summed E-state index contributed by atoms with van der Waals surface area (Å²) >= 11 is 3.29. The molecule has 0 aliphatic rings. The Labute approximate surface area is 125 Å². The van der Waals surface area contributed by atoms with Crippen molar-refractivity contribution in [2.75, 3.05) is 39.3 Å². The fourth-order valence-corrected chi connectivity index (χ4v) is 1.55. The Bertz CT molecular complexity index is 387. The Hall–Kier alpha value is -1.85.